The molecule has 0 saturated carbocycles. The fraction of sp³-hybridized carbons (Fsp3) is 0.500. The van der Waals surface area contributed by atoms with Gasteiger partial charge in [0.05, 0.1) is 25.5 Å². The summed E-state index contributed by atoms with van der Waals surface area (Å²) in [5, 5.41) is 9.50. The van der Waals surface area contributed by atoms with Crippen LogP contribution in [0.4, 0.5) is 4.39 Å². The largest absolute Gasteiger partial charge is 0.493 e. The first kappa shape index (κ1) is 23.3. The third kappa shape index (κ3) is 3.89. The van der Waals surface area contributed by atoms with Gasteiger partial charge < -0.3 is 28.6 Å². The SMILES string of the molecule is COCCCOc1cc2c(cc1OC)-c1c(F)c(=O)c(C(=O)O)cn1[C@H]1[C@@H]2OCCC1(C)C. The number of nitrogens with zero attached hydrogens (tertiary/aromatic N) is 1. The van der Waals surface area contributed by atoms with Crippen molar-refractivity contribution in [3.05, 3.63) is 45.5 Å². The lowest BCUT2D eigenvalue weighted by Gasteiger charge is -2.49. The number of benzene rings is 1. The fourth-order valence-corrected chi connectivity index (χ4v) is 4.78. The summed E-state index contributed by atoms with van der Waals surface area (Å²) in [6.45, 7) is 5.50. The molecule has 178 valence electrons. The highest BCUT2D eigenvalue weighted by molar-refractivity contribution is 5.88. The molecule has 1 aromatic carbocycles. The summed E-state index contributed by atoms with van der Waals surface area (Å²) in [5.74, 6) is -1.72. The molecule has 2 atom stereocenters. The summed E-state index contributed by atoms with van der Waals surface area (Å²) < 4.78 is 39.7. The molecule has 1 aromatic heterocycles. The van der Waals surface area contributed by atoms with Crippen LogP contribution in [-0.4, -0.2) is 49.7 Å². The Kier molecular flexibility index (Phi) is 6.20. The highest BCUT2D eigenvalue weighted by Crippen LogP contribution is 2.56. The van der Waals surface area contributed by atoms with Gasteiger partial charge in [-0.05, 0) is 29.5 Å². The van der Waals surface area contributed by atoms with Crippen LogP contribution in [0.1, 0.15) is 54.8 Å². The van der Waals surface area contributed by atoms with E-state index in [-0.39, 0.29) is 11.1 Å². The van der Waals surface area contributed by atoms with Crippen LogP contribution in [-0.2, 0) is 9.47 Å². The number of carbonyl (C=O) groups is 1. The molecule has 2 aromatic rings. The summed E-state index contributed by atoms with van der Waals surface area (Å²) in [6.07, 6.45) is 2.13. The zero-order valence-corrected chi connectivity index (χ0v) is 19.1. The third-order valence-electron chi connectivity index (χ3n) is 6.49. The van der Waals surface area contributed by atoms with Crippen LogP contribution >= 0.6 is 0 Å². The molecular formula is C24H28FNO7. The lowest BCUT2D eigenvalue weighted by molar-refractivity contribution is -0.0859. The van der Waals surface area contributed by atoms with E-state index in [2.05, 4.69) is 0 Å². The maximum atomic E-state index is 15.5. The van der Waals surface area contributed by atoms with E-state index in [1.165, 1.54) is 13.3 Å². The summed E-state index contributed by atoms with van der Waals surface area (Å²) >= 11 is 0. The second-order valence-electron chi connectivity index (χ2n) is 9.01. The van der Waals surface area contributed by atoms with E-state index in [1.54, 1.807) is 23.8 Å². The van der Waals surface area contributed by atoms with Gasteiger partial charge in [-0.1, -0.05) is 13.8 Å². The van der Waals surface area contributed by atoms with Gasteiger partial charge in [0.25, 0.3) is 0 Å². The van der Waals surface area contributed by atoms with Gasteiger partial charge in [0.1, 0.15) is 11.7 Å². The molecule has 4 rings (SSSR count). The highest BCUT2D eigenvalue weighted by Gasteiger charge is 2.47. The molecule has 0 amide bonds. The number of hydrogen-bond acceptors (Lipinski definition) is 6. The first-order valence-corrected chi connectivity index (χ1v) is 10.8. The molecular weight excluding hydrogens is 433 g/mol. The number of fused-ring (bicyclic) bond motifs is 6. The molecule has 9 heteroatoms. The number of pyridine rings is 1. The van der Waals surface area contributed by atoms with Crippen molar-refractivity contribution in [3.8, 4) is 22.8 Å². The Balaban J connectivity index is 1.95. The van der Waals surface area contributed by atoms with Gasteiger partial charge >= 0.3 is 5.97 Å². The number of hydrogen-bond donors (Lipinski definition) is 1. The van der Waals surface area contributed by atoms with Crippen LogP contribution in [0.2, 0.25) is 0 Å². The van der Waals surface area contributed by atoms with Gasteiger partial charge in [0, 0.05) is 38.5 Å². The first-order chi connectivity index (χ1) is 15.7. The average Bonchev–Trinajstić information content (AvgIpc) is 2.77. The number of ether oxygens (including phenoxy) is 4. The molecule has 2 aliphatic heterocycles. The van der Waals surface area contributed by atoms with E-state index in [4.69, 9.17) is 18.9 Å². The zero-order chi connectivity index (χ0) is 23.9. The molecule has 1 saturated heterocycles. The van der Waals surface area contributed by atoms with Gasteiger partial charge in [-0.25, -0.2) is 9.18 Å². The second-order valence-corrected chi connectivity index (χ2v) is 9.01. The van der Waals surface area contributed by atoms with Crippen molar-refractivity contribution in [2.45, 2.75) is 38.8 Å². The molecule has 0 aliphatic carbocycles. The summed E-state index contributed by atoms with van der Waals surface area (Å²) in [6, 6.07) is 2.98. The van der Waals surface area contributed by atoms with Crippen molar-refractivity contribution in [2.75, 3.05) is 34.0 Å². The number of aromatic nitrogens is 1. The van der Waals surface area contributed by atoms with Crippen LogP contribution in [0.3, 0.4) is 0 Å². The van der Waals surface area contributed by atoms with Gasteiger partial charge in [-0.2, -0.15) is 0 Å². The van der Waals surface area contributed by atoms with Gasteiger partial charge in [-0.15, -0.1) is 0 Å². The number of halogens is 1. The normalized spacial score (nSPS) is 20.4. The molecule has 1 fully saturated rings. The van der Waals surface area contributed by atoms with Crippen molar-refractivity contribution in [1.29, 1.82) is 0 Å². The van der Waals surface area contributed by atoms with Crippen molar-refractivity contribution in [2.24, 2.45) is 5.41 Å². The Hall–Kier alpha value is -2.91. The minimum atomic E-state index is -1.47. The molecule has 2 aliphatic rings. The van der Waals surface area contributed by atoms with Gasteiger partial charge in [0.15, 0.2) is 17.3 Å². The molecule has 3 heterocycles. The predicted octanol–water partition coefficient (Wildman–Crippen LogP) is 3.82. The second kappa shape index (κ2) is 8.79. The molecule has 0 spiro atoms. The van der Waals surface area contributed by atoms with Crippen LogP contribution in [0.25, 0.3) is 11.3 Å². The standard InChI is InChI=1S/C24H28FNO7/c1-24(2)6-9-33-21-14-11-17(32-8-5-7-30-3)16(31-4)10-13(14)19-18(25)20(27)15(23(28)29)12-26(19)22(21)24/h10-12,21-22H,5-9H2,1-4H3,(H,28,29)/t21-,22+/m1/s1. The van der Waals surface area contributed by atoms with Crippen LogP contribution < -0.4 is 14.9 Å². The lowest BCUT2D eigenvalue weighted by Crippen LogP contribution is -2.43. The quantitative estimate of drug-likeness (QED) is 0.626. The first-order valence-electron chi connectivity index (χ1n) is 10.8. The average molecular weight is 461 g/mol. The molecule has 0 unspecified atom stereocenters. The Labute approximate surface area is 190 Å². The Morgan fingerprint density at radius 3 is 2.70 bits per heavy atom. The topological polar surface area (TPSA) is 96.2 Å². The van der Waals surface area contributed by atoms with E-state index in [9.17, 15) is 14.7 Å². The lowest BCUT2D eigenvalue weighted by atomic mass is 9.72. The maximum Gasteiger partial charge on any atom is 0.341 e. The zero-order valence-electron chi connectivity index (χ0n) is 19.1. The number of rotatable bonds is 7. The Bertz CT molecular complexity index is 1140. The maximum absolute atomic E-state index is 15.5. The number of methoxy groups -OCH3 is 2. The third-order valence-corrected chi connectivity index (χ3v) is 6.49. The number of carboxylic acids is 1. The monoisotopic (exact) mass is 461 g/mol. The smallest absolute Gasteiger partial charge is 0.341 e. The summed E-state index contributed by atoms with van der Waals surface area (Å²) in [7, 11) is 3.10. The van der Waals surface area contributed by atoms with Crippen molar-refractivity contribution < 1.29 is 33.2 Å². The van der Waals surface area contributed by atoms with Crippen LogP contribution in [0.5, 0.6) is 11.5 Å². The predicted molar refractivity (Wildman–Crippen MR) is 118 cm³/mol. The summed E-state index contributed by atoms with van der Waals surface area (Å²) in [4.78, 5) is 24.2. The molecule has 33 heavy (non-hydrogen) atoms. The van der Waals surface area contributed by atoms with Crippen LogP contribution in [0.15, 0.2) is 23.1 Å². The highest BCUT2D eigenvalue weighted by atomic mass is 19.1. The Morgan fingerprint density at radius 2 is 2.03 bits per heavy atom. The van der Waals surface area contributed by atoms with Gasteiger partial charge in [0.2, 0.25) is 5.43 Å². The van der Waals surface area contributed by atoms with E-state index in [0.717, 1.165) is 0 Å². The summed E-state index contributed by atoms with van der Waals surface area (Å²) in [5.41, 5.74) is -0.981. The van der Waals surface area contributed by atoms with E-state index < -0.39 is 34.9 Å². The van der Waals surface area contributed by atoms with Crippen LogP contribution in [0, 0.1) is 11.2 Å². The van der Waals surface area contributed by atoms with Gasteiger partial charge in [-0.3, -0.25) is 4.79 Å². The van der Waals surface area contributed by atoms with Crippen molar-refractivity contribution >= 4 is 5.97 Å². The minimum absolute atomic E-state index is 0.0315. The number of aromatic carboxylic acids is 1. The molecule has 0 bridgehead atoms. The molecule has 1 N–H and O–H groups in total. The van der Waals surface area contributed by atoms with Crippen molar-refractivity contribution in [1.82, 2.24) is 4.57 Å². The molecule has 8 nitrogen and oxygen atoms in total. The minimum Gasteiger partial charge on any atom is -0.493 e. The van der Waals surface area contributed by atoms with E-state index >= 15 is 4.39 Å². The van der Waals surface area contributed by atoms with Crippen molar-refractivity contribution in [3.63, 3.8) is 0 Å². The van der Waals surface area contributed by atoms with E-state index in [1.807, 2.05) is 13.8 Å². The van der Waals surface area contributed by atoms with E-state index in [0.29, 0.717) is 55.3 Å². The molecule has 0 radical (unpaired) electrons. The number of carboxylic acid groups (broad SMARTS) is 1. The fourth-order valence-electron chi connectivity index (χ4n) is 4.78. The Morgan fingerprint density at radius 1 is 1.27 bits per heavy atom.